The largest absolute Gasteiger partial charge is 0.496 e. The standard InChI is InChI=1S/C16H18N2O4S/c1-22-13-7-3-2-6-11(13)15(19)18-9-5-4-8-14(18)17-12(10-23)16(20)21/h2-7,12,23H,8-10H2,1H3,(H,20,21)/t12-/m1/s1. The summed E-state index contributed by atoms with van der Waals surface area (Å²) in [5.41, 5.74) is 0.413. The van der Waals surface area contributed by atoms with Gasteiger partial charge in [-0.3, -0.25) is 14.7 Å². The van der Waals surface area contributed by atoms with Gasteiger partial charge in [0.2, 0.25) is 0 Å². The summed E-state index contributed by atoms with van der Waals surface area (Å²) in [7, 11) is 1.50. The number of methoxy groups -OCH3 is 1. The molecule has 1 aliphatic heterocycles. The minimum absolute atomic E-state index is 0.0687. The molecular weight excluding hydrogens is 316 g/mol. The number of hydrogen-bond acceptors (Lipinski definition) is 5. The maximum atomic E-state index is 12.8. The Bertz CT molecular complexity index is 657. The van der Waals surface area contributed by atoms with E-state index in [1.807, 2.05) is 12.2 Å². The minimum atomic E-state index is -1.06. The lowest BCUT2D eigenvalue weighted by molar-refractivity contribution is -0.137. The SMILES string of the molecule is COc1ccccc1C(=O)N1CC=CCC1=N[C@H](CS)C(=O)O. The fourth-order valence-electron chi connectivity index (χ4n) is 2.23. The molecule has 6 nitrogen and oxygen atoms in total. The summed E-state index contributed by atoms with van der Waals surface area (Å²) in [6, 6.07) is 5.93. The van der Waals surface area contributed by atoms with Crippen LogP contribution < -0.4 is 4.74 Å². The lowest BCUT2D eigenvalue weighted by Crippen LogP contribution is -2.40. The molecule has 7 heteroatoms. The van der Waals surface area contributed by atoms with Crippen LogP contribution in [0.1, 0.15) is 16.8 Å². The molecule has 23 heavy (non-hydrogen) atoms. The average molecular weight is 334 g/mol. The fraction of sp³-hybridized carbons (Fsp3) is 0.312. The van der Waals surface area contributed by atoms with Crippen molar-refractivity contribution in [2.75, 3.05) is 19.4 Å². The number of carboxylic acid groups (broad SMARTS) is 1. The third kappa shape index (κ3) is 3.92. The number of benzene rings is 1. The van der Waals surface area contributed by atoms with Crippen LogP contribution in [0.3, 0.4) is 0 Å². The molecule has 1 aromatic carbocycles. The fourth-order valence-corrected chi connectivity index (χ4v) is 2.47. The second-order valence-corrected chi connectivity index (χ2v) is 5.24. The number of amidine groups is 1. The van der Waals surface area contributed by atoms with Crippen LogP contribution in [0, 0.1) is 0 Å². The highest BCUT2D eigenvalue weighted by Gasteiger charge is 2.26. The van der Waals surface area contributed by atoms with Crippen molar-refractivity contribution in [1.82, 2.24) is 4.90 Å². The number of carbonyl (C=O) groups excluding carboxylic acids is 1. The highest BCUT2D eigenvalue weighted by atomic mass is 32.1. The van der Waals surface area contributed by atoms with Gasteiger partial charge in [-0.15, -0.1) is 0 Å². The number of aliphatic imine (C=N–C) groups is 1. The Morgan fingerprint density at radius 3 is 2.78 bits per heavy atom. The van der Waals surface area contributed by atoms with E-state index in [1.54, 1.807) is 24.3 Å². The van der Waals surface area contributed by atoms with Crippen molar-refractivity contribution in [2.24, 2.45) is 4.99 Å². The third-order valence-corrected chi connectivity index (χ3v) is 3.76. The van der Waals surface area contributed by atoms with Gasteiger partial charge in [0, 0.05) is 18.7 Å². The Morgan fingerprint density at radius 1 is 1.39 bits per heavy atom. The van der Waals surface area contributed by atoms with E-state index in [0.717, 1.165) is 0 Å². The summed E-state index contributed by atoms with van der Waals surface area (Å²) in [6.45, 7) is 0.342. The number of aliphatic carboxylic acids is 1. The molecule has 1 aromatic rings. The van der Waals surface area contributed by atoms with Crippen LogP contribution in [0.15, 0.2) is 41.4 Å². The number of thiol groups is 1. The van der Waals surface area contributed by atoms with Crippen LogP contribution in [0.5, 0.6) is 5.75 Å². The zero-order valence-corrected chi connectivity index (χ0v) is 13.6. The van der Waals surface area contributed by atoms with Gasteiger partial charge in [-0.05, 0) is 12.1 Å². The Morgan fingerprint density at radius 2 is 2.13 bits per heavy atom. The predicted molar refractivity (Wildman–Crippen MR) is 90.5 cm³/mol. The van der Waals surface area contributed by atoms with Crippen LogP contribution in [0.2, 0.25) is 0 Å². The molecule has 1 amide bonds. The Labute approximate surface area is 139 Å². The topological polar surface area (TPSA) is 79.2 Å². The molecule has 1 aliphatic rings. The molecule has 1 heterocycles. The Balaban J connectivity index is 2.35. The molecule has 0 aliphatic carbocycles. The first-order valence-electron chi connectivity index (χ1n) is 7.08. The summed E-state index contributed by atoms with van der Waals surface area (Å²) in [5.74, 6) is -0.375. The first-order valence-corrected chi connectivity index (χ1v) is 7.72. The van der Waals surface area contributed by atoms with Gasteiger partial charge < -0.3 is 9.84 Å². The normalized spacial score (nSPS) is 17.1. The third-order valence-electron chi connectivity index (χ3n) is 3.41. The van der Waals surface area contributed by atoms with Gasteiger partial charge in [0.15, 0.2) is 6.04 Å². The summed E-state index contributed by atoms with van der Waals surface area (Å²) in [5, 5.41) is 9.13. The molecule has 2 rings (SSSR count). The molecule has 0 spiro atoms. The monoisotopic (exact) mass is 334 g/mol. The smallest absolute Gasteiger partial charge is 0.329 e. The number of carbonyl (C=O) groups is 2. The number of ether oxygens (including phenoxy) is 1. The predicted octanol–water partition coefficient (Wildman–Crippen LogP) is 1.88. The first-order chi connectivity index (χ1) is 11.1. The van der Waals surface area contributed by atoms with Crippen LogP contribution in [0.25, 0.3) is 0 Å². The summed E-state index contributed by atoms with van der Waals surface area (Å²) >= 11 is 4.01. The highest BCUT2D eigenvalue weighted by Crippen LogP contribution is 2.21. The molecule has 1 N–H and O–H groups in total. The molecule has 0 saturated carbocycles. The molecule has 122 valence electrons. The van der Waals surface area contributed by atoms with Crippen LogP contribution >= 0.6 is 12.6 Å². The Kier molecular flexibility index (Phi) is 5.81. The number of nitrogens with zero attached hydrogens (tertiary/aromatic N) is 2. The van der Waals surface area contributed by atoms with Gasteiger partial charge in [0.1, 0.15) is 11.6 Å². The molecule has 0 fully saturated rings. The zero-order chi connectivity index (χ0) is 16.8. The molecular formula is C16H18N2O4S. The minimum Gasteiger partial charge on any atom is -0.496 e. The quantitative estimate of drug-likeness (QED) is 0.636. The lowest BCUT2D eigenvalue weighted by Gasteiger charge is -2.26. The van der Waals surface area contributed by atoms with Crippen LogP contribution in [-0.4, -0.2) is 53.2 Å². The number of carboxylic acids is 1. The maximum Gasteiger partial charge on any atom is 0.329 e. The van der Waals surface area contributed by atoms with Crippen molar-refractivity contribution in [3.8, 4) is 5.75 Å². The van der Waals surface area contributed by atoms with Crippen molar-refractivity contribution in [2.45, 2.75) is 12.5 Å². The molecule has 0 saturated heterocycles. The van der Waals surface area contributed by atoms with Gasteiger partial charge >= 0.3 is 5.97 Å². The van der Waals surface area contributed by atoms with E-state index < -0.39 is 12.0 Å². The molecule has 0 bridgehead atoms. The lowest BCUT2D eigenvalue weighted by atomic mass is 10.1. The van der Waals surface area contributed by atoms with Crippen molar-refractivity contribution in [3.63, 3.8) is 0 Å². The van der Waals surface area contributed by atoms with Gasteiger partial charge in [-0.25, -0.2) is 4.79 Å². The number of rotatable bonds is 5. The highest BCUT2D eigenvalue weighted by molar-refractivity contribution is 7.80. The van der Waals surface area contributed by atoms with Gasteiger partial charge in [0.25, 0.3) is 5.91 Å². The van der Waals surface area contributed by atoms with E-state index in [-0.39, 0.29) is 11.7 Å². The summed E-state index contributed by atoms with van der Waals surface area (Å²) < 4.78 is 5.22. The average Bonchev–Trinajstić information content (AvgIpc) is 2.59. The molecule has 0 unspecified atom stereocenters. The second kappa shape index (κ2) is 7.82. The van der Waals surface area contributed by atoms with Crippen molar-refractivity contribution < 1.29 is 19.4 Å². The van der Waals surface area contributed by atoms with Gasteiger partial charge in [-0.2, -0.15) is 12.6 Å². The molecule has 0 radical (unpaired) electrons. The van der Waals surface area contributed by atoms with Crippen LogP contribution in [0.4, 0.5) is 0 Å². The maximum absolute atomic E-state index is 12.8. The van der Waals surface area contributed by atoms with E-state index >= 15 is 0 Å². The van der Waals surface area contributed by atoms with E-state index in [0.29, 0.717) is 30.1 Å². The van der Waals surface area contributed by atoms with E-state index in [2.05, 4.69) is 17.6 Å². The second-order valence-electron chi connectivity index (χ2n) is 4.87. The first kappa shape index (κ1) is 17.1. The van der Waals surface area contributed by atoms with Crippen LogP contribution in [-0.2, 0) is 4.79 Å². The number of para-hydroxylation sites is 1. The van der Waals surface area contributed by atoms with Crippen molar-refractivity contribution in [3.05, 3.63) is 42.0 Å². The van der Waals surface area contributed by atoms with Gasteiger partial charge in [-0.1, -0.05) is 24.3 Å². The van der Waals surface area contributed by atoms with E-state index in [9.17, 15) is 9.59 Å². The van der Waals surface area contributed by atoms with E-state index in [4.69, 9.17) is 9.84 Å². The molecule has 0 aromatic heterocycles. The van der Waals surface area contributed by atoms with Crippen molar-refractivity contribution in [1.29, 1.82) is 0 Å². The number of hydrogen-bond donors (Lipinski definition) is 2. The van der Waals surface area contributed by atoms with Gasteiger partial charge in [0.05, 0.1) is 12.7 Å². The summed E-state index contributed by atoms with van der Waals surface area (Å²) in [6.07, 6.45) is 4.11. The number of amides is 1. The zero-order valence-electron chi connectivity index (χ0n) is 12.7. The van der Waals surface area contributed by atoms with Crippen molar-refractivity contribution >= 4 is 30.3 Å². The summed E-state index contributed by atoms with van der Waals surface area (Å²) in [4.78, 5) is 29.6. The Hall–Kier alpha value is -2.28. The van der Waals surface area contributed by atoms with E-state index in [1.165, 1.54) is 12.0 Å². The molecule has 1 atom stereocenters.